The summed E-state index contributed by atoms with van der Waals surface area (Å²) < 4.78 is 98.5. The summed E-state index contributed by atoms with van der Waals surface area (Å²) in [6.45, 7) is 1.74. The van der Waals surface area contributed by atoms with Gasteiger partial charge in [-0.05, 0) is 25.0 Å². The van der Waals surface area contributed by atoms with Crippen LogP contribution in [-0.2, 0) is 20.7 Å². The molecular formula is C12H10F6O3S. The Morgan fingerprint density at radius 3 is 2.00 bits per heavy atom. The molecule has 0 saturated heterocycles. The number of halogens is 6. The summed E-state index contributed by atoms with van der Waals surface area (Å²) in [5, 5.41) is 0. The first-order valence-electron chi connectivity index (χ1n) is 5.66. The predicted molar refractivity (Wildman–Crippen MR) is 65.1 cm³/mol. The average Bonchev–Trinajstić information content (AvgIpc) is 2.33. The van der Waals surface area contributed by atoms with Crippen molar-refractivity contribution in [1.82, 2.24) is 0 Å². The second-order valence-electron chi connectivity index (χ2n) is 4.24. The van der Waals surface area contributed by atoms with Crippen LogP contribution in [0.1, 0.15) is 11.1 Å². The zero-order valence-corrected chi connectivity index (χ0v) is 11.8. The maximum absolute atomic E-state index is 12.6. The second-order valence-corrected chi connectivity index (χ2v) is 5.78. The summed E-state index contributed by atoms with van der Waals surface area (Å²) >= 11 is 0. The van der Waals surface area contributed by atoms with Gasteiger partial charge in [-0.25, -0.2) is 0 Å². The molecule has 1 aromatic rings. The van der Waals surface area contributed by atoms with Crippen molar-refractivity contribution in [1.29, 1.82) is 0 Å². The van der Waals surface area contributed by atoms with Gasteiger partial charge in [0.1, 0.15) is 0 Å². The number of alkyl halides is 6. The summed E-state index contributed by atoms with van der Waals surface area (Å²) in [7, 11) is -6.38. The second kappa shape index (κ2) is 6.19. The van der Waals surface area contributed by atoms with E-state index in [-0.39, 0.29) is 6.08 Å². The van der Waals surface area contributed by atoms with Crippen LogP contribution >= 0.6 is 0 Å². The van der Waals surface area contributed by atoms with Crippen LogP contribution in [0.15, 0.2) is 36.1 Å². The van der Waals surface area contributed by atoms with Crippen LogP contribution in [0.25, 0.3) is 0 Å². The van der Waals surface area contributed by atoms with Crippen molar-refractivity contribution in [3.8, 4) is 0 Å². The van der Waals surface area contributed by atoms with E-state index < -0.39 is 34.0 Å². The molecular weight excluding hydrogens is 338 g/mol. The predicted octanol–water partition coefficient (Wildman–Crippen LogP) is 3.85. The van der Waals surface area contributed by atoms with E-state index in [4.69, 9.17) is 0 Å². The van der Waals surface area contributed by atoms with Crippen LogP contribution in [0.2, 0.25) is 0 Å². The minimum absolute atomic E-state index is 0.244. The van der Waals surface area contributed by atoms with E-state index in [9.17, 15) is 34.8 Å². The fraction of sp³-hybridized carbons (Fsp3) is 0.333. The van der Waals surface area contributed by atoms with E-state index in [0.717, 1.165) is 5.56 Å². The van der Waals surface area contributed by atoms with E-state index in [1.54, 1.807) is 19.1 Å². The Morgan fingerprint density at radius 2 is 1.59 bits per heavy atom. The molecule has 0 aromatic heterocycles. The molecule has 0 saturated carbocycles. The molecule has 0 atom stereocenters. The fourth-order valence-corrected chi connectivity index (χ4v) is 1.79. The van der Waals surface area contributed by atoms with E-state index in [2.05, 4.69) is 4.18 Å². The first kappa shape index (κ1) is 18.3. The molecule has 0 bridgehead atoms. The molecule has 0 N–H and O–H groups in total. The summed E-state index contributed by atoms with van der Waals surface area (Å²) in [6, 6.07) is 6.09. The van der Waals surface area contributed by atoms with Gasteiger partial charge in [-0.1, -0.05) is 29.8 Å². The number of rotatable bonds is 4. The van der Waals surface area contributed by atoms with Crippen molar-refractivity contribution < 1.29 is 38.9 Å². The molecule has 0 aliphatic rings. The number of benzene rings is 1. The lowest BCUT2D eigenvalue weighted by Crippen LogP contribution is -2.29. The maximum atomic E-state index is 12.6. The summed E-state index contributed by atoms with van der Waals surface area (Å²) in [6.07, 6.45) is -5.57. The number of hydrogen-bond acceptors (Lipinski definition) is 3. The molecule has 0 aliphatic heterocycles. The van der Waals surface area contributed by atoms with Gasteiger partial charge in [0, 0.05) is 0 Å². The molecule has 0 spiro atoms. The molecule has 0 aliphatic carbocycles. The largest absolute Gasteiger partial charge is 0.534 e. The van der Waals surface area contributed by atoms with Gasteiger partial charge < -0.3 is 4.18 Å². The highest BCUT2D eigenvalue weighted by molar-refractivity contribution is 7.87. The average molecular weight is 348 g/mol. The van der Waals surface area contributed by atoms with Crippen LogP contribution in [0.4, 0.5) is 26.3 Å². The van der Waals surface area contributed by atoms with E-state index in [1.165, 1.54) is 12.1 Å². The summed E-state index contributed by atoms with van der Waals surface area (Å²) in [5.41, 5.74) is -4.76. The summed E-state index contributed by atoms with van der Waals surface area (Å²) in [4.78, 5) is 0. The summed E-state index contributed by atoms with van der Waals surface area (Å²) in [5.74, 6) is -2.23. The van der Waals surface area contributed by atoms with E-state index >= 15 is 0 Å². The number of hydrogen-bond donors (Lipinski definition) is 0. The molecule has 22 heavy (non-hydrogen) atoms. The Hall–Kier alpha value is -1.71. The van der Waals surface area contributed by atoms with Gasteiger partial charge in [0.2, 0.25) is 5.76 Å². The van der Waals surface area contributed by atoms with E-state index in [0.29, 0.717) is 5.56 Å². The molecule has 0 unspecified atom stereocenters. The van der Waals surface area contributed by atoms with Crippen LogP contribution < -0.4 is 0 Å². The van der Waals surface area contributed by atoms with Crippen LogP contribution in [0.5, 0.6) is 0 Å². The first-order chi connectivity index (χ1) is 9.83. The molecule has 1 aromatic carbocycles. The smallest absolute Gasteiger partial charge is 0.371 e. The Kier molecular flexibility index (Phi) is 5.16. The molecule has 0 amide bonds. The highest BCUT2D eigenvalue weighted by Gasteiger charge is 2.51. The molecule has 0 fully saturated rings. The lowest BCUT2D eigenvalue weighted by Gasteiger charge is -2.14. The Labute approximate surface area is 122 Å². The topological polar surface area (TPSA) is 43.4 Å². The molecule has 124 valence electrons. The van der Waals surface area contributed by atoms with Crippen molar-refractivity contribution in [2.24, 2.45) is 0 Å². The molecule has 10 heteroatoms. The molecule has 1 rings (SSSR count). The molecule has 0 radical (unpaired) electrons. The third-order valence-electron chi connectivity index (χ3n) is 2.41. The lowest BCUT2D eigenvalue weighted by atomic mass is 10.1. The van der Waals surface area contributed by atoms with Crippen molar-refractivity contribution >= 4 is 10.1 Å². The van der Waals surface area contributed by atoms with Crippen LogP contribution in [0, 0.1) is 6.92 Å². The number of allylic oxidation sites excluding steroid dienone is 2. The SMILES string of the molecule is Cc1ccc(CC=C(OS(=O)(=O)C(F)(F)F)C(F)(F)F)cc1. The van der Waals surface area contributed by atoms with Crippen molar-refractivity contribution in [3.05, 3.63) is 47.2 Å². The van der Waals surface area contributed by atoms with Crippen molar-refractivity contribution in [2.75, 3.05) is 0 Å². The van der Waals surface area contributed by atoms with Crippen molar-refractivity contribution in [2.45, 2.75) is 25.0 Å². The zero-order valence-electron chi connectivity index (χ0n) is 11.0. The minimum atomic E-state index is -6.38. The first-order valence-corrected chi connectivity index (χ1v) is 7.07. The monoisotopic (exact) mass is 348 g/mol. The third-order valence-corrected chi connectivity index (χ3v) is 3.37. The van der Waals surface area contributed by atoms with Gasteiger partial charge in [-0.15, -0.1) is 0 Å². The Balaban J connectivity index is 3.04. The normalized spacial score (nSPS) is 14.0. The van der Waals surface area contributed by atoms with Gasteiger partial charge in [0.25, 0.3) is 0 Å². The van der Waals surface area contributed by atoms with Gasteiger partial charge in [0.15, 0.2) is 0 Å². The van der Waals surface area contributed by atoms with E-state index in [1.807, 2.05) is 0 Å². The van der Waals surface area contributed by atoms with Gasteiger partial charge in [-0.2, -0.15) is 34.8 Å². The Morgan fingerprint density at radius 1 is 1.09 bits per heavy atom. The quantitative estimate of drug-likeness (QED) is 0.359. The molecule has 3 nitrogen and oxygen atoms in total. The van der Waals surface area contributed by atoms with Crippen LogP contribution in [-0.4, -0.2) is 20.1 Å². The zero-order chi connectivity index (χ0) is 17.2. The fourth-order valence-electron chi connectivity index (χ4n) is 1.30. The Bertz CT molecular complexity index is 641. The van der Waals surface area contributed by atoms with Crippen molar-refractivity contribution in [3.63, 3.8) is 0 Å². The lowest BCUT2D eigenvalue weighted by molar-refractivity contribution is -0.120. The van der Waals surface area contributed by atoms with Gasteiger partial charge in [0.05, 0.1) is 0 Å². The van der Waals surface area contributed by atoms with Gasteiger partial charge >= 0.3 is 21.8 Å². The van der Waals surface area contributed by atoms with Crippen LogP contribution in [0.3, 0.4) is 0 Å². The minimum Gasteiger partial charge on any atom is -0.371 e. The standard InChI is InChI=1S/C12H10F6O3S/c1-8-2-4-9(5-3-8)6-7-10(11(13,14)15)21-22(19,20)12(16,17)18/h2-5,7H,6H2,1H3. The number of aryl methyl sites for hydroxylation is 1. The molecule has 0 heterocycles. The highest BCUT2D eigenvalue weighted by Crippen LogP contribution is 2.33. The third kappa shape index (κ3) is 4.93. The maximum Gasteiger partial charge on any atom is 0.534 e. The van der Waals surface area contributed by atoms with Gasteiger partial charge in [-0.3, -0.25) is 0 Å². The highest BCUT2D eigenvalue weighted by atomic mass is 32.2.